The smallest absolute Gasteiger partial charge is 0.253 e. The number of piperazine rings is 1. The molecule has 0 bridgehead atoms. The molecular weight excluding hydrogens is 316 g/mol. The van der Waals surface area contributed by atoms with Gasteiger partial charge in [-0.15, -0.1) is 0 Å². The summed E-state index contributed by atoms with van der Waals surface area (Å²) in [6.45, 7) is 8.02. The Kier molecular flexibility index (Phi) is 5.20. The highest BCUT2D eigenvalue weighted by Crippen LogP contribution is 2.13. The lowest BCUT2D eigenvalue weighted by Crippen LogP contribution is -2.51. The molecule has 1 saturated heterocycles. The fraction of sp³-hybridized carbons (Fsp3) is 0.474. The summed E-state index contributed by atoms with van der Waals surface area (Å²) in [5.74, 6) is 0.0806. The van der Waals surface area contributed by atoms with E-state index in [9.17, 15) is 9.90 Å². The molecule has 1 aromatic heterocycles. The first-order valence-electron chi connectivity index (χ1n) is 8.69. The van der Waals surface area contributed by atoms with Gasteiger partial charge in [-0.05, 0) is 31.5 Å². The van der Waals surface area contributed by atoms with Crippen LogP contribution in [-0.4, -0.2) is 68.7 Å². The first kappa shape index (κ1) is 17.6. The molecular formula is C19H26N4O2. The number of hydrogen-bond donors (Lipinski definition) is 1. The molecule has 0 aliphatic carbocycles. The largest absolute Gasteiger partial charge is 0.389 e. The highest BCUT2D eigenvalue weighted by atomic mass is 16.3. The Balaban J connectivity index is 1.55. The van der Waals surface area contributed by atoms with Crippen LogP contribution in [0.3, 0.4) is 0 Å². The third-order valence-corrected chi connectivity index (χ3v) is 4.40. The molecule has 0 saturated carbocycles. The summed E-state index contributed by atoms with van der Waals surface area (Å²) in [5.41, 5.74) is 1.17. The van der Waals surface area contributed by atoms with Gasteiger partial charge in [0.2, 0.25) is 0 Å². The van der Waals surface area contributed by atoms with Gasteiger partial charge in [0.1, 0.15) is 0 Å². The Bertz CT molecular complexity index is 681. The molecule has 0 atom stereocenters. The maximum atomic E-state index is 12.7. The summed E-state index contributed by atoms with van der Waals surface area (Å²) in [6.07, 6.45) is 5.47. The van der Waals surface area contributed by atoms with E-state index in [0.717, 1.165) is 30.8 Å². The van der Waals surface area contributed by atoms with Gasteiger partial charge in [0.05, 0.1) is 11.9 Å². The van der Waals surface area contributed by atoms with E-state index in [-0.39, 0.29) is 5.91 Å². The molecule has 1 N–H and O–H groups in total. The molecule has 0 spiro atoms. The number of nitrogens with zero attached hydrogens (tertiary/aromatic N) is 4. The molecule has 134 valence electrons. The van der Waals surface area contributed by atoms with Crippen molar-refractivity contribution in [3.05, 3.63) is 54.1 Å². The molecule has 3 rings (SSSR count). The number of amides is 1. The van der Waals surface area contributed by atoms with E-state index in [2.05, 4.69) is 9.88 Å². The number of benzene rings is 1. The van der Waals surface area contributed by atoms with Crippen LogP contribution >= 0.6 is 0 Å². The molecule has 1 fully saturated rings. The summed E-state index contributed by atoms with van der Waals surface area (Å²) < 4.78 is 2.00. The lowest BCUT2D eigenvalue weighted by atomic mass is 10.1. The van der Waals surface area contributed by atoms with Crippen LogP contribution in [-0.2, 0) is 6.54 Å². The Morgan fingerprint density at radius 2 is 1.84 bits per heavy atom. The Morgan fingerprint density at radius 1 is 1.16 bits per heavy atom. The lowest BCUT2D eigenvalue weighted by molar-refractivity contribution is 0.0178. The predicted molar refractivity (Wildman–Crippen MR) is 96.4 cm³/mol. The Labute approximate surface area is 148 Å². The van der Waals surface area contributed by atoms with Crippen LogP contribution in [0.2, 0.25) is 0 Å². The molecule has 0 unspecified atom stereocenters. The van der Waals surface area contributed by atoms with Gasteiger partial charge in [-0.25, -0.2) is 4.98 Å². The summed E-state index contributed by atoms with van der Waals surface area (Å²) in [7, 11) is 0. The van der Waals surface area contributed by atoms with E-state index in [0.29, 0.717) is 19.6 Å². The van der Waals surface area contributed by atoms with Crippen LogP contribution < -0.4 is 0 Å². The zero-order chi connectivity index (χ0) is 17.9. The van der Waals surface area contributed by atoms with Gasteiger partial charge in [-0.1, -0.05) is 12.1 Å². The molecule has 1 aromatic carbocycles. The van der Waals surface area contributed by atoms with E-state index in [1.165, 1.54) is 0 Å². The van der Waals surface area contributed by atoms with Crippen LogP contribution in [0.15, 0.2) is 43.0 Å². The van der Waals surface area contributed by atoms with Crippen molar-refractivity contribution in [2.24, 2.45) is 0 Å². The van der Waals surface area contributed by atoms with E-state index in [4.69, 9.17) is 0 Å². The van der Waals surface area contributed by atoms with E-state index >= 15 is 0 Å². The van der Waals surface area contributed by atoms with E-state index < -0.39 is 5.60 Å². The van der Waals surface area contributed by atoms with Crippen molar-refractivity contribution in [2.45, 2.75) is 26.0 Å². The maximum absolute atomic E-state index is 12.7. The van der Waals surface area contributed by atoms with Gasteiger partial charge >= 0.3 is 0 Å². The molecule has 2 heterocycles. The lowest BCUT2D eigenvalue weighted by Gasteiger charge is -2.37. The van der Waals surface area contributed by atoms with Gasteiger partial charge in [0.15, 0.2) is 0 Å². The maximum Gasteiger partial charge on any atom is 0.253 e. The highest BCUT2D eigenvalue weighted by molar-refractivity contribution is 5.94. The van der Waals surface area contributed by atoms with Gasteiger partial charge in [-0.2, -0.15) is 0 Å². The molecule has 6 heteroatoms. The third kappa shape index (κ3) is 4.90. The quantitative estimate of drug-likeness (QED) is 0.894. The van der Waals surface area contributed by atoms with Crippen LogP contribution in [0.1, 0.15) is 29.8 Å². The van der Waals surface area contributed by atoms with Gasteiger partial charge < -0.3 is 14.6 Å². The number of aliphatic hydroxyl groups is 1. The number of carbonyl (C=O) groups excluding carboxylic acids is 1. The average molecular weight is 342 g/mol. The average Bonchev–Trinajstić information content (AvgIpc) is 3.07. The van der Waals surface area contributed by atoms with Crippen molar-refractivity contribution >= 4 is 5.91 Å². The molecule has 2 aromatic rings. The van der Waals surface area contributed by atoms with Crippen molar-refractivity contribution < 1.29 is 9.90 Å². The standard InChI is InChI=1S/C19H26N4O2/c1-19(2,25)14-21-9-11-23(12-10-21)18(24)17-5-3-16(4-6-17)13-22-8-7-20-15-22/h3-8,15,25H,9-14H2,1-2H3. The monoisotopic (exact) mass is 342 g/mol. The second-order valence-electron chi connectivity index (χ2n) is 7.31. The number of rotatable bonds is 5. The van der Waals surface area contributed by atoms with Crippen LogP contribution in [0, 0.1) is 0 Å². The predicted octanol–water partition coefficient (Wildman–Crippen LogP) is 1.46. The second-order valence-corrected chi connectivity index (χ2v) is 7.31. The molecule has 25 heavy (non-hydrogen) atoms. The summed E-state index contributed by atoms with van der Waals surface area (Å²) in [5, 5.41) is 9.91. The molecule has 0 radical (unpaired) electrons. The van der Waals surface area contributed by atoms with Gasteiger partial charge in [-0.3, -0.25) is 9.69 Å². The van der Waals surface area contributed by atoms with Crippen molar-refractivity contribution in [2.75, 3.05) is 32.7 Å². The number of imidazole rings is 1. The second kappa shape index (κ2) is 7.37. The Morgan fingerprint density at radius 3 is 2.40 bits per heavy atom. The molecule has 1 aliphatic heterocycles. The third-order valence-electron chi connectivity index (χ3n) is 4.40. The first-order valence-corrected chi connectivity index (χ1v) is 8.69. The minimum absolute atomic E-state index is 0.0806. The fourth-order valence-corrected chi connectivity index (χ4v) is 3.18. The zero-order valence-corrected chi connectivity index (χ0v) is 14.9. The fourth-order valence-electron chi connectivity index (χ4n) is 3.18. The van der Waals surface area contributed by atoms with Crippen LogP contribution in [0.5, 0.6) is 0 Å². The normalized spacial score (nSPS) is 16.2. The van der Waals surface area contributed by atoms with Crippen LogP contribution in [0.25, 0.3) is 0 Å². The first-order chi connectivity index (χ1) is 11.9. The number of carbonyl (C=O) groups is 1. The minimum Gasteiger partial charge on any atom is -0.389 e. The topological polar surface area (TPSA) is 61.6 Å². The minimum atomic E-state index is -0.697. The van der Waals surface area contributed by atoms with Crippen molar-refractivity contribution in [3.8, 4) is 0 Å². The van der Waals surface area contributed by atoms with Gasteiger partial charge in [0, 0.05) is 57.2 Å². The van der Waals surface area contributed by atoms with Gasteiger partial charge in [0.25, 0.3) is 5.91 Å². The Hall–Kier alpha value is -2.18. The number of aromatic nitrogens is 2. The van der Waals surface area contributed by atoms with Crippen molar-refractivity contribution in [1.29, 1.82) is 0 Å². The molecule has 6 nitrogen and oxygen atoms in total. The zero-order valence-electron chi connectivity index (χ0n) is 14.9. The highest BCUT2D eigenvalue weighted by Gasteiger charge is 2.25. The van der Waals surface area contributed by atoms with E-state index in [1.54, 1.807) is 12.5 Å². The SMILES string of the molecule is CC(C)(O)CN1CCN(C(=O)c2ccc(Cn3ccnc3)cc2)CC1. The van der Waals surface area contributed by atoms with Crippen LogP contribution in [0.4, 0.5) is 0 Å². The summed E-state index contributed by atoms with van der Waals surface area (Å²) >= 11 is 0. The summed E-state index contributed by atoms with van der Waals surface area (Å²) in [6, 6.07) is 7.80. The van der Waals surface area contributed by atoms with Crippen molar-refractivity contribution in [3.63, 3.8) is 0 Å². The van der Waals surface area contributed by atoms with E-state index in [1.807, 2.05) is 53.8 Å². The van der Waals surface area contributed by atoms with Crippen molar-refractivity contribution in [1.82, 2.24) is 19.4 Å². The molecule has 1 amide bonds. The molecule has 1 aliphatic rings. The number of hydrogen-bond acceptors (Lipinski definition) is 4. The number of β-amino-alcohol motifs (C(OH)–C–C–N with tert-alkyl or cyclic N) is 1. The summed E-state index contributed by atoms with van der Waals surface area (Å²) in [4.78, 5) is 20.8.